The molecule has 0 radical (unpaired) electrons. The van der Waals surface area contributed by atoms with Crippen LogP contribution in [-0.4, -0.2) is 33.0 Å². The van der Waals surface area contributed by atoms with Gasteiger partial charge in [0.2, 0.25) is 10.0 Å². The first kappa shape index (κ1) is 21.6. The Morgan fingerprint density at radius 1 is 1.36 bits per heavy atom. The van der Waals surface area contributed by atoms with Gasteiger partial charge < -0.3 is 11.1 Å². The van der Waals surface area contributed by atoms with E-state index in [0.717, 1.165) is 9.75 Å². The zero-order valence-electron chi connectivity index (χ0n) is 13.6. The van der Waals surface area contributed by atoms with Crippen LogP contribution in [0.25, 0.3) is 0 Å². The molecule has 128 valence electrons. The summed E-state index contributed by atoms with van der Waals surface area (Å²) >= 11 is 1.47. The van der Waals surface area contributed by atoms with Crippen LogP contribution in [0.1, 0.15) is 30.5 Å². The fourth-order valence-corrected chi connectivity index (χ4v) is 4.31. The van der Waals surface area contributed by atoms with Gasteiger partial charge in [0, 0.05) is 21.8 Å². The van der Waals surface area contributed by atoms with E-state index in [0.29, 0.717) is 10.9 Å². The smallest absolute Gasteiger partial charge is 0.241 e. The lowest BCUT2D eigenvalue weighted by atomic mass is 10.1. The summed E-state index contributed by atoms with van der Waals surface area (Å²) in [6, 6.07) is 1.68. The van der Waals surface area contributed by atoms with Crippen LogP contribution in [0.15, 0.2) is 16.0 Å². The Bertz CT molecular complexity index is 618. The first-order valence-corrected chi connectivity index (χ1v) is 8.96. The van der Waals surface area contributed by atoms with Crippen LogP contribution in [0.2, 0.25) is 0 Å². The van der Waals surface area contributed by atoms with E-state index in [1.54, 1.807) is 13.0 Å². The zero-order chi connectivity index (χ0) is 16.3. The molecule has 0 saturated carbocycles. The Kier molecular flexibility index (Phi) is 8.31. The molecule has 0 atom stereocenters. The molecule has 1 aromatic heterocycles. The lowest BCUT2D eigenvalue weighted by molar-refractivity contribution is 0.508. The van der Waals surface area contributed by atoms with Crippen molar-refractivity contribution in [3.8, 4) is 0 Å². The third kappa shape index (κ3) is 7.25. The molecule has 0 saturated heterocycles. The highest BCUT2D eigenvalue weighted by Gasteiger charge is 2.18. The molecule has 1 rings (SSSR count). The highest BCUT2D eigenvalue weighted by Crippen LogP contribution is 2.24. The quantitative estimate of drug-likeness (QED) is 0.271. The van der Waals surface area contributed by atoms with Crippen molar-refractivity contribution in [2.24, 2.45) is 10.7 Å². The molecule has 0 spiro atoms. The van der Waals surface area contributed by atoms with Gasteiger partial charge in [-0.05, 0) is 40.7 Å². The van der Waals surface area contributed by atoms with Gasteiger partial charge in [0.25, 0.3) is 0 Å². The van der Waals surface area contributed by atoms with Crippen molar-refractivity contribution in [3.63, 3.8) is 0 Å². The zero-order valence-corrected chi connectivity index (χ0v) is 17.5. The molecule has 0 aliphatic rings. The van der Waals surface area contributed by atoms with E-state index < -0.39 is 10.0 Å². The second-order valence-electron chi connectivity index (χ2n) is 5.82. The minimum atomic E-state index is -3.47. The summed E-state index contributed by atoms with van der Waals surface area (Å²) in [7, 11) is -3.47. The second-order valence-corrected chi connectivity index (χ2v) is 9.01. The minimum absolute atomic E-state index is 0. The predicted octanol–water partition coefficient (Wildman–Crippen LogP) is 1.96. The van der Waals surface area contributed by atoms with Gasteiger partial charge in [-0.25, -0.2) is 13.1 Å². The number of hydrogen-bond acceptors (Lipinski definition) is 4. The average Bonchev–Trinajstić information content (AvgIpc) is 2.62. The topological polar surface area (TPSA) is 96.6 Å². The molecule has 6 nitrogen and oxygen atoms in total. The van der Waals surface area contributed by atoms with Gasteiger partial charge in [0.05, 0.1) is 11.4 Å². The highest BCUT2D eigenvalue weighted by atomic mass is 127. The molecule has 0 amide bonds. The lowest BCUT2D eigenvalue weighted by Crippen LogP contribution is -2.45. The first-order valence-electron chi connectivity index (χ1n) is 6.66. The van der Waals surface area contributed by atoms with Gasteiger partial charge >= 0.3 is 0 Å². The third-order valence-corrected chi connectivity index (χ3v) is 5.16. The predicted molar refractivity (Wildman–Crippen MR) is 104 cm³/mol. The van der Waals surface area contributed by atoms with E-state index in [1.807, 2.05) is 27.7 Å². The van der Waals surface area contributed by atoms with Gasteiger partial charge in [-0.3, -0.25) is 4.99 Å². The van der Waals surface area contributed by atoms with E-state index in [9.17, 15) is 8.42 Å². The van der Waals surface area contributed by atoms with Gasteiger partial charge in [-0.2, -0.15) is 0 Å². The van der Waals surface area contributed by atoms with Crippen LogP contribution in [0.3, 0.4) is 0 Å². The number of nitrogens with zero attached hydrogens (tertiary/aromatic N) is 1. The Balaban J connectivity index is 0.00000441. The van der Waals surface area contributed by atoms with Gasteiger partial charge in [-0.15, -0.1) is 35.3 Å². The molecule has 0 bridgehead atoms. The second kappa shape index (κ2) is 8.46. The van der Waals surface area contributed by atoms with E-state index in [4.69, 9.17) is 5.73 Å². The SMILES string of the molecule is Cc1cc(S(=O)(=O)NCCN=C(N)NC(C)(C)C)c(C)s1.I. The van der Waals surface area contributed by atoms with Crippen LogP contribution in [-0.2, 0) is 10.0 Å². The number of aryl methyl sites for hydroxylation is 2. The van der Waals surface area contributed by atoms with Crippen molar-refractivity contribution in [3.05, 3.63) is 15.8 Å². The summed E-state index contributed by atoms with van der Waals surface area (Å²) in [5, 5.41) is 3.01. The number of thiophene rings is 1. The monoisotopic (exact) mass is 460 g/mol. The van der Waals surface area contributed by atoms with E-state index in [-0.39, 0.29) is 42.6 Å². The number of nitrogens with two attached hydrogens (primary N) is 1. The molecular weight excluding hydrogens is 435 g/mol. The van der Waals surface area contributed by atoms with Crippen molar-refractivity contribution in [2.75, 3.05) is 13.1 Å². The van der Waals surface area contributed by atoms with Gasteiger partial charge in [-0.1, -0.05) is 0 Å². The summed E-state index contributed by atoms with van der Waals surface area (Å²) < 4.78 is 26.8. The number of aliphatic imine (C=N–C) groups is 1. The Morgan fingerprint density at radius 3 is 2.41 bits per heavy atom. The number of guanidine groups is 1. The number of sulfonamides is 1. The summed E-state index contributed by atoms with van der Waals surface area (Å²) in [5.41, 5.74) is 5.54. The fourth-order valence-electron chi connectivity index (χ4n) is 1.73. The molecule has 22 heavy (non-hydrogen) atoms. The molecule has 1 heterocycles. The minimum Gasteiger partial charge on any atom is -0.370 e. The van der Waals surface area contributed by atoms with Crippen molar-refractivity contribution in [1.82, 2.24) is 10.0 Å². The van der Waals surface area contributed by atoms with Crippen molar-refractivity contribution in [2.45, 2.75) is 45.1 Å². The summed E-state index contributed by atoms with van der Waals surface area (Å²) in [6.45, 7) is 10.1. The van der Waals surface area contributed by atoms with Crippen LogP contribution in [0.4, 0.5) is 0 Å². The number of nitrogens with one attached hydrogen (secondary N) is 2. The molecule has 1 aromatic rings. The Hall–Kier alpha value is -0.390. The third-order valence-electron chi connectivity index (χ3n) is 2.47. The Labute approximate surface area is 154 Å². The molecule has 0 aromatic carbocycles. The average molecular weight is 460 g/mol. The maximum atomic E-state index is 12.1. The van der Waals surface area contributed by atoms with Crippen LogP contribution in [0.5, 0.6) is 0 Å². The molecule has 0 aliphatic carbocycles. The molecule has 4 N–H and O–H groups in total. The summed E-state index contributed by atoms with van der Waals surface area (Å²) in [6.07, 6.45) is 0. The molecule has 0 unspecified atom stereocenters. The van der Waals surface area contributed by atoms with E-state index in [1.165, 1.54) is 11.3 Å². The normalized spacial score (nSPS) is 12.9. The van der Waals surface area contributed by atoms with E-state index >= 15 is 0 Å². The molecule has 0 aliphatic heterocycles. The lowest BCUT2D eigenvalue weighted by Gasteiger charge is -2.20. The number of rotatable bonds is 5. The maximum Gasteiger partial charge on any atom is 0.241 e. The summed E-state index contributed by atoms with van der Waals surface area (Å²) in [5.74, 6) is 0.309. The number of hydrogen-bond donors (Lipinski definition) is 3. The first-order chi connectivity index (χ1) is 9.51. The van der Waals surface area contributed by atoms with Crippen LogP contribution < -0.4 is 15.8 Å². The number of halogens is 1. The standard InChI is InChI=1S/C13H24N4O2S2.HI/c1-9-8-11(10(2)20-9)21(18,19)16-7-6-15-12(14)17-13(3,4)5;/h8,16H,6-7H2,1-5H3,(H3,14,15,17);1H. The van der Waals surface area contributed by atoms with Crippen molar-refractivity contribution in [1.29, 1.82) is 0 Å². The van der Waals surface area contributed by atoms with Crippen LogP contribution in [0, 0.1) is 13.8 Å². The Morgan fingerprint density at radius 2 is 1.95 bits per heavy atom. The molecule has 0 fully saturated rings. The van der Waals surface area contributed by atoms with Gasteiger partial charge in [0.15, 0.2) is 5.96 Å². The van der Waals surface area contributed by atoms with Crippen molar-refractivity contribution >= 4 is 51.3 Å². The van der Waals surface area contributed by atoms with Crippen LogP contribution >= 0.6 is 35.3 Å². The van der Waals surface area contributed by atoms with Gasteiger partial charge in [0.1, 0.15) is 0 Å². The summed E-state index contributed by atoms with van der Waals surface area (Å²) in [4.78, 5) is 6.20. The molecular formula is C13H25IN4O2S2. The van der Waals surface area contributed by atoms with E-state index in [2.05, 4.69) is 15.0 Å². The maximum absolute atomic E-state index is 12.1. The fraction of sp³-hybridized carbons (Fsp3) is 0.615. The highest BCUT2D eigenvalue weighted by molar-refractivity contribution is 14.0. The largest absolute Gasteiger partial charge is 0.370 e. The van der Waals surface area contributed by atoms with Crippen molar-refractivity contribution < 1.29 is 8.42 Å². The molecule has 9 heteroatoms.